The highest BCUT2D eigenvalue weighted by atomic mass is 19.1. The molecule has 6 nitrogen and oxygen atoms in total. The third kappa shape index (κ3) is 4.20. The molecule has 2 aromatic carbocycles. The minimum atomic E-state index is -0.417. The number of amides is 2. The lowest BCUT2D eigenvalue weighted by molar-refractivity contribution is 0.0927. The molecule has 2 N–H and O–H groups in total. The lowest BCUT2D eigenvalue weighted by Crippen LogP contribution is -2.34. The van der Waals surface area contributed by atoms with Gasteiger partial charge in [-0.2, -0.15) is 5.10 Å². The molecule has 2 amide bonds. The first kappa shape index (κ1) is 18.3. The second-order valence-corrected chi connectivity index (χ2v) is 5.88. The monoisotopic (exact) mass is 366 g/mol. The van der Waals surface area contributed by atoms with E-state index in [1.54, 1.807) is 49.4 Å². The predicted molar refractivity (Wildman–Crippen MR) is 99.4 cm³/mol. The number of nitrogens with one attached hydrogen (secondary N) is 2. The van der Waals surface area contributed by atoms with Crippen LogP contribution in [0.3, 0.4) is 0 Å². The van der Waals surface area contributed by atoms with E-state index in [1.165, 1.54) is 16.9 Å². The van der Waals surface area contributed by atoms with E-state index in [1.807, 2.05) is 6.07 Å². The Hall–Kier alpha value is -3.48. The zero-order valence-corrected chi connectivity index (χ0v) is 14.8. The van der Waals surface area contributed by atoms with Gasteiger partial charge in [0.25, 0.3) is 11.8 Å². The van der Waals surface area contributed by atoms with Gasteiger partial charge < -0.3 is 10.6 Å². The Morgan fingerprint density at radius 3 is 2.30 bits per heavy atom. The van der Waals surface area contributed by atoms with Gasteiger partial charge in [-0.25, -0.2) is 9.07 Å². The van der Waals surface area contributed by atoms with Crippen LogP contribution >= 0.6 is 0 Å². The summed E-state index contributed by atoms with van der Waals surface area (Å²) in [4.78, 5) is 24.3. The van der Waals surface area contributed by atoms with Crippen molar-refractivity contribution in [2.24, 2.45) is 0 Å². The van der Waals surface area contributed by atoms with Gasteiger partial charge in [0.1, 0.15) is 11.5 Å². The van der Waals surface area contributed by atoms with Crippen LogP contribution in [0.2, 0.25) is 0 Å². The van der Waals surface area contributed by atoms with Crippen LogP contribution in [0.1, 0.15) is 26.4 Å². The number of hydrogen-bond donors (Lipinski definition) is 2. The normalized spacial score (nSPS) is 10.4. The Bertz CT molecular complexity index is 954. The summed E-state index contributed by atoms with van der Waals surface area (Å²) in [6.45, 7) is 2.26. The maximum absolute atomic E-state index is 13.9. The molecule has 27 heavy (non-hydrogen) atoms. The van der Waals surface area contributed by atoms with Gasteiger partial charge in [-0.05, 0) is 31.2 Å². The Morgan fingerprint density at radius 2 is 1.59 bits per heavy atom. The molecule has 0 bridgehead atoms. The van der Waals surface area contributed by atoms with Gasteiger partial charge >= 0.3 is 0 Å². The average molecular weight is 366 g/mol. The van der Waals surface area contributed by atoms with Gasteiger partial charge in [-0.1, -0.05) is 30.3 Å². The molecule has 3 aromatic rings. The largest absolute Gasteiger partial charge is 0.350 e. The summed E-state index contributed by atoms with van der Waals surface area (Å²) in [5.41, 5.74) is 1.73. The molecular formula is C20H19FN4O2. The van der Waals surface area contributed by atoms with Crippen molar-refractivity contribution < 1.29 is 14.0 Å². The predicted octanol–water partition coefficient (Wildman–Crippen LogP) is 2.48. The maximum atomic E-state index is 13.9. The summed E-state index contributed by atoms with van der Waals surface area (Å²) >= 11 is 0. The zero-order chi connectivity index (χ0) is 19.2. The van der Waals surface area contributed by atoms with Crippen molar-refractivity contribution >= 4 is 11.8 Å². The van der Waals surface area contributed by atoms with Crippen LogP contribution in [0.5, 0.6) is 0 Å². The Morgan fingerprint density at radius 1 is 0.963 bits per heavy atom. The highest BCUT2D eigenvalue weighted by Crippen LogP contribution is 2.16. The SMILES string of the molecule is Cc1c(C(=O)NCCNC(=O)c2ccccc2)cnn1-c1ccccc1F. The van der Waals surface area contributed by atoms with Crippen LogP contribution in [0, 0.1) is 12.7 Å². The van der Waals surface area contributed by atoms with Gasteiger partial charge in [0, 0.05) is 18.7 Å². The molecule has 0 spiro atoms. The molecule has 3 rings (SSSR count). The van der Waals surface area contributed by atoms with Crippen molar-refractivity contribution in [1.29, 1.82) is 0 Å². The van der Waals surface area contributed by atoms with Gasteiger partial charge in [0.2, 0.25) is 0 Å². The molecule has 0 aliphatic rings. The number of carbonyl (C=O) groups excluding carboxylic acids is 2. The second kappa shape index (κ2) is 8.27. The lowest BCUT2D eigenvalue weighted by Gasteiger charge is -2.08. The fourth-order valence-corrected chi connectivity index (χ4v) is 2.64. The van der Waals surface area contributed by atoms with Crippen LogP contribution in [-0.2, 0) is 0 Å². The molecule has 0 saturated carbocycles. The highest BCUT2D eigenvalue weighted by Gasteiger charge is 2.16. The molecular weight excluding hydrogens is 347 g/mol. The van der Waals surface area contributed by atoms with Crippen molar-refractivity contribution in [1.82, 2.24) is 20.4 Å². The molecule has 0 aliphatic carbocycles. The van der Waals surface area contributed by atoms with E-state index >= 15 is 0 Å². The number of benzene rings is 2. The number of nitrogens with zero attached hydrogens (tertiary/aromatic N) is 2. The van der Waals surface area contributed by atoms with E-state index in [4.69, 9.17) is 0 Å². The maximum Gasteiger partial charge on any atom is 0.254 e. The molecule has 138 valence electrons. The molecule has 1 aromatic heterocycles. The summed E-state index contributed by atoms with van der Waals surface area (Å²) in [7, 11) is 0. The second-order valence-electron chi connectivity index (χ2n) is 5.88. The molecule has 0 atom stereocenters. The molecule has 0 aliphatic heterocycles. The third-order valence-electron chi connectivity index (χ3n) is 4.07. The fraction of sp³-hybridized carbons (Fsp3) is 0.150. The number of halogens is 1. The van der Waals surface area contributed by atoms with Crippen LogP contribution in [0.15, 0.2) is 60.8 Å². The summed E-state index contributed by atoms with van der Waals surface area (Å²) in [6, 6.07) is 15.1. The zero-order valence-electron chi connectivity index (χ0n) is 14.8. The van der Waals surface area contributed by atoms with E-state index in [0.717, 1.165) is 0 Å². The lowest BCUT2D eigenvalue weighted by atomic mass is 10.2. The number of aromatic nitrogens is 2. The summed E-state index contributed by atoms with van der Waals surface area (Å²) in [5, 5.41) is 9.57. The van der Waals surface area contributed by atoms with Gasteiger partial charge in [-0.15, -0.1) is 0 Å². The Kier molecular flexibility index (Phi) is 5.61. The van der Waals surface area contributed by atoms with Crippen molar-refractivity contribution in [3.63, 3.8) is 0 Å². The van der Waals surface area contributed by atoms with Crippen molar-refractivity contribution in [2.75, 3.05) is 13.1 Å². The van der Waals surface area contributed by atoms with Gasteiger partial charge in [-0.3, -0.25) is 9.59 Å². The average Bonchev–Trinajstić information content (AvgIpc) is 3.07. The number of rotatable bonds is 6. The minimum absolute atomic E-state index is 0.201. The first-order valence-electron chi connectivity index (χ1n) is 8.49. The smallest absolute Gasteiger partial charge is 0.254 e. The van der Waals surface area contributed by atoms with Crippen molar-refractivity contribution in [2.45, 2.75) is 6.92 Å². The van der Waals surface area contributed by atoms with Gasteiger partial charge in [0.15, 0.2) is 0 Å². The molecule has 1 heterocycles. The van der Waals surface area contributed by atoms with Crippen LogP contribution < -0.4 is 10.6 Å². The van der Waals surface area contributed by atoms with E-state index in [0.29, 0.717) is 23.4 Å². The topological polar surface area (TPSA) is 76.0 Å². The summed E-state index contributed by atoms with van der Waals surface area (Å²) in [5.74, 6) is -0.947. The number of carbonyl (C=O) groups is 2. The van der Waals surface area contributed by atoms with Crippen LogP contribution in [-0.4, -0.2) is 34.7 Å². The molecule has 0 radical (unpaired) electrons. The van der Waals surface area contributed by atoms with Crippen molar-refractivity contribution in [3.8, 4) is 5.69 Å². The standard InChI is InChI=1S/C20H19FN4O2/c1-14-16(13-24-25(14)18-10-6-5-9-17(18)21)20(27)23-12-11-22-19(26)15-7-3-2-4-8-15/h2-10,13H,11-12H2,1H3,(H,22,26)(H,23,27). The van der Waals surface area contributed by atoms with E-state index in [2.05, 4.69) is 15.7 Å². The Balaban J connectivity index is 1.56. The fourth-order valence-electron chi connectivity index (χ4n) is 2.64. The van der Waals surface area contributed by atoms with Crippen LogP contribution in [0.25, 0.3) is 5.69 Å². The molecule has 0 unspecified atom stereocenters. The van der Waals surface area contributed by atoms with E-state index in [9.17, 15) is 14.0 Å². The van der Waals surface area contributed by atoms with Crippen LogP contribution in [0.4, 0.5) is 4.39 Å². The first-order valence-corrected chi connectivity index (χ1v) is 8.49. The first-order chi connectivity index (χ1) is 13.1. The van der Waals surface area contributed by atoms with Gasteiger partial charge in [0.05, 0.1) is 17.5 Å². The number of para-hydroxylation sites is 1. The molecule has 0 saturated heterocycles. The summed E-state index contributed by atoms with van der Waals surface area (Å²) < 4.78 is 15.3. The quantitative estimate of drug-likeness (QED) is 0.658. The Labute approximate surface area is 156 Å². The minimum Gasteiger partial charge on any atom is -0.350 e. The number of hydrogen-bond acceptors (Lipinski definition) is 3. The van der Waals surface area contributed by atoms with E-state index < -0.39 is 5.82 Å². The molecule has 7 heteroatoms. The molecule has 0 fully saturated rings. The van der Waals surface area contributed by atoms with Crippen molar-refractivity contribution in [3.05, 3.63) is 83.4 Å². The third-order valence-corrected chi connectivity index (χ3v) is 4.07. The van der Waals surface area contributed by atoms with E-state index in [-0.39, 0.29) is 24.0 Å². The highest BCUT2D eigenvalue weighted by molar-refractivity contribution is 5.95. The summed E-state index contributed by atoms with van der Waals surface area (Å²) in [6.07, 6.45) is 1.40.